The fraction of sp³-hybridized carbons (Fsp3) is 0.200. The van der Waals surface area contributed by atoms with Crippen molar-refractivity contribution in [3.05, 3.63) is 124 Å². The highest BCUT2D eigenvalue weighted by Gasteiger charge is 2.37. The van der Waals surface area contributed by atoms with Crippen molar-refractivity contribution < 1.29 is 38.9 Å². The molecule has 8 nitrogen and oxygen atoms in total. The van der Waals surface area contributed by atoms with Gasteiger partial charge < -0.3 is 19.7 Å². The Balaban J connectivity index is 1.98. The summed E-state index contributed by atoms with van der Waals surface area (Å²) in [7, 11) is 0. The summed E-state index contributed by atoms with van der Waals surface area (Å²) in [6.07, 6.45) is 3.20. The third-order valence-electron chi connectivity index (χ3n) is 6.81. The Morgan fingerprint density at radius 3 is 1.86 bits per heavy atom. The maximum absolute atomic E-state index is 14.1. The van der Waals surface area contributed by atoms with Gasteiger partial charge in [-0.15, -0.1) is 0 Å². The van der Waals surface area contributed by atoms with Crippen LogP contribution >= 0.6 is 0 Å². The smallest absolute Gasteiger partial charge is 0.343 e. The topological polar surface area (TPSA) is 127 Å². The van der Waals surface area contributed by atoms with Crippen LogP contribution in [0.5, 0.6) is 17.2 Å². The van der Waals surface area contributed by atoms with E-state index in [1.165, 1.54) is 30.3 Å². The summed E-state index contributed by atoms with van der Waals surface area (Å²) >= 11 is 0. The van der Waals surface area contributed by atoms with Crippen LogP contribution in [-0.4, -0.2) is 40.3 Å². The van der Waals surface area contributed by atoms with Gasteiger partial charge in [-0.3, -0.25) is 9.59 Å². The van der Waals surface area contributed by atoms with E-state index in [0.29, 0.717) is 6.42 Å². The molecule has 0 amide bonds. The summed E-state index contributed by atoms with van der Waals surface area (Å²) in [4.78, 5) is 54.8. The van der Waals surface area contributed by atoms with Crippen LogP contribution in [-0.2, 0) is 4.74 Å². The monoisotopic (exact) mass is 580 g/mol. The molecule has 0 radical (unpaired) electrons. The Morgan fingerprint density at radius 1 is 0.628 bits per heavy atom. The van der Waals surface area contributed by atoms with Gasteiger partial charge in [-0.25, -0.2) is 9.59 Å². The fourth-order valence-corrected chi connectivity index (χ4v) is 4.60. The minimum Gasteiger partial charge on any atom is -0.504 e. The molecule has 0 aliphatic heterocycles. The third-order valence-corrected chi connectivity index (χ3v) is 6.81. The Bertz CT molecular complexity index is 1640. The van der Waals surface area contributed by atoms with E-state index in [1.807, 2.05) is 6.92 Å². The molecule has 43 heavy (non-hydrogen) atoms. The Labute approximate surface area is 249 Å². The average molecular weight is 581 g/mol. The van der Waals surface area contributed by atoms with Crippen molar-refractivity contribution in [1.29, 1.82) is 0 Å². The predicted octanol–water partition coefficient (Wildman–Crippen LogP) is 6.82. The highest BCUT2D eigenvalue weighted by atomic mass is 16.5. The number of hydrogen-bond donors (Lipinski definition) is 2. The van der Waals surface area contributed by atoms with Crippen molar-refractivity contribution >= 4 is 23.5 Å². The zero-order chi connectivity index (χ0) is 30.9. The lowest BCUT2D eigenvalue weighted by Crippen LogP contribution is -2.22. The molecule has 0 spiro atoms. The van der Waals surface area contributed by atoms with Gasteiger partial charge in [0.05, 0.1) is 28.9 Å². The summed E-state index contributed by atoms with van der Waals surface area (Å²) in [5.74, 6) is -6.54. The number of phenols is 2. The molecular weight excluding hydrogens is 548 g/mol. The Kier molecular flexibility index (Phi) is 10.1. The number of esters is 2. The maximum atomic E-state index is 14.1. The molecule has 4 aromatic rings. The molecule has 0 heterocycles. The second kappa shape index (κ2) is 14.1. The van der Waals surface area contributed by atoms with E-state index in [-0.39, 0.29) is 23.3 Å². The Morgan fingerprint density at radius 2 is 1.23 bits per heavy atom. The lowest BCUT2D eigenvalue weighted by atomic mass is 9.88. The number of phenolic OH excluding ortho intramolecular Hbond substituents is 2. The number of carbonyl (C=O) groups is 4. The SMILES string of the molecule is CCCCCCOC(=O)c1c(C(=O)c2ccccc2)c(O)c(O)c(OC(=O)c2ccccc2)c1C(=O)c1cccc(C)c1. The summed E-state index contributed by atoms with van der Waals surface area (Å²) in [6.45, 7) is 3.78. The summed E-state index contributed by atoms with van der Waals surface area (Å²) < 4.78 is 11.0. The number of hydrogen-bond acceptors (Lipinski definition) is 8. The molecule has 0 atom stereocenters. The van der Waals surface area contributed by atoms with Crippen molar-refractivity contribution in [3.8, 4) is 17.2 Å². The normalized spacial score (nSPS) is 10.7. The molecule has 4 rings (SSSR count). The average Bonchev–Trinajstić information content (AvgIpc) is 3.03. The van der Waals surface area contributed by atoms with Gasteiger partial charge in [-0.05, 0) is 31.5 Å². The lowest BCUT2D eigenvalue weighted by molar-refractivity contribution is 0.0489. The van der Waals surface area contributed by atoms with Gasteiger partial charge in [-0.2, -0.15) is 0 Å². The van der Waals surface area contributed by atoms with Gasteiger partial charge >= 0.3 is 11.9 Å². The minimum atomic E-state index is -1.08. The zero-order valence-corrected chi connectivity index (χ0v) is 24.0. The first kappa shape index (κ1) is 30.7. The van der Waals surface area contributed by atoms with Crippen LogP contribution in [0.1, 0.15) is 90.7 Å². The van der Waals surface area contributed by atoms with Gasteiger partial charge in [0.2, 0.25) is 5.75 Å². The molecule has 0 unspecified atom stereocenters. The van der Waals surface area contributed by atoms with E-state index in [2.05, 4.69) is 0 Å². The van der Waals surface area contributed by atoms with Crippen molar-refractivity contribution in [2.45, 2.75) is 39.5 Å². The van der Waals surface area contributed by atoms with E-state index < -0.39 is 57.4 Å². The van der Waals surface area contributed by atoms with Gasteiger partial charge in [0, 0.05) is 11.1 Å². The number of unbranched alkanes of at least 4 members (excludes halogenated alkanes) is 3. The van der Waals surface area contributed by atoms with Crippen LogP contribution in [0.3, 0.4) is 0 Å². The lowest BCUT2D eigenvalue weighted by Gasteiger charge is -2.20. The van der Waals surface area contributed by atoms with E-state index in [9.17, 15) is 29.4 Å². The molecular formula is C35H32O8. The standard InChI is InChI=1S/C35H32O8/c1-3-4-5-12-20-42-35(41)26-27(29(36)23-15-8-6-9-16-23)31(38)32(39)33(43-34(40)24-17-10-7-11-18-24)28(26)30(37)25-19-13-14-22(2)21-25/h6-11,13-19,21,38-39H,3-5,12,20H2,1-2H3. The molecule has 0 fully saturated rings. The first-order chi connectivity index (χ1) is 20.7. The highest BCUT2D eigenvalue weighted by molar-refractivity contribution is 6.24. The highest BCUT2D eigenvalue weighted by Crippen LogP contribution is 2.46. The maximum Gasteiger partial charge on any atom is 0.343 e. The van der Waals surface area contributed by atoms with E-state index in [1.54, 1.807) is 61.5 Å². The predicted molar refractivity (Wildman–Crippen MR) is 160 cm³/mol. The van der Waals surface area contributed by atoms with Crippen LogP contribution in [0, 0.1) is 6.92 Å². The molecule has 0 saturated heterocycles. The summed E-state index contributed by atoms with van der Waals surface area (Å²) in [5, 5.41) is 22.4. The first-order valence-electron chi connectivity index (χ1n) is 14.0. The second-order valence-corrected chi connectivity index (χ2v) is 10.00. The molecule has 8 heteroatoms. The molecule has 0 saturated carbocycles. The fourth-order valence-electron chi connectivity index (χ4n) is 4.60. The number of ketones is 2. The van der Waals surface area contributed by atoms with Crippen molar-refractivity contribution in [2.75, 3.05) is 6.61 Å². The van der Waals surface area contributed by atoms with Crippen LogP contribution < -0.4 is 4.74 Å². The van der Waals surface area contributed by atoms with Gasteiger partial charge in [0.25, 0.3) is 0 Å². The van der Waals surface area contributed by atoms with Crippen LogP contribution in [0.25, 0.3) is 0 Å². The van der Waals surface area contributed by atoms with Gasteiger partial charge in [0.15, 0.2) is 23.1 Å². The number of rotatable bonds is 12. The zero-order valence-electron chi connectivity index (χ0n) is 24.0. The van der Waals surface area contributed by atoms with Gasteiger partial charge in [0.1, 0.15) is 0 Å². The minimum absolute atomic E-state index is 0.0172. The molecule has 2 N–H and O–H groups in total. The first-order valence-corrected chi connectivity index (χ1v) is 14.0. The van der Waals surface area contributed by atoms with Crippen LogP contribution in [0.2, 0.25) is 0 Å². The Hall–Kier alpha value is -5.24. The van der Waals surface area contributed by atoms with Crippen molar-refractivity contribution in [1.82, 2.24) is 0 Å². The quantitative estimate of drug-likeness (QED) is 0.0614. The number of aromatic hydroxyl groups is 2. The number of benzene rings is 4. The molecule has 0 bridgehead atoms. The molecule has 0 aliphatic rings. The molecule has 220 valence electrons. The largest absolute Gasteiger partial charge is 0.504 e. The molecule has 0 aromatic heterocycles. The van der Waals surface area contributed by atoms with Crippen molar-refractivity contribution in [2.24, 2.45) is 0 Å². The van der Waals surface area contributed by atoms with Crippen molar-refractivity contribution in [3.63, 3.8) is 0 Å². The number of aryl methyl sites for hydroxylation is 1. The van der Waals surface area contributed by atoms with Crippen LogP contribution in [0.4, 0.5) is 0 Å². The van der Waals surface area contributed by atoms with E-state index in [0.717, 1.165) is 24.8 Å². The second-order valence-electron chi connectivity index (χ2n) is 10.00. The summed E-state index contributed by atoms with van der Waals surface area (Å²) in [6, 6.07) is 22.0. The third kappa shape index (κ3) is 6.98. The molecule has 4 aromatic carbocycles. The van der Waals surface area contributed by atoms with E-state index >= 15 is 0 Å². The van der Waals surface area contributed by atoms with E-state index in [4.69, 9.17) is 9.47 Å². The number of ether oxygens (including phenoxy) is 2. The number of carbonyl (C=O) groups excluding carboxylic acids is 4. The molecule has 0 aliphatic carbocycles. The van der Waals surface area contributed by atoms with Gasteiger partial charge in [-0.1, -0.05) is 98.5 Å². The summed E-state index contributed by atoms with van der Waals surface area (Å²) in [5.41, 5.74) is -0.852. The van der Waals surface area contributed by atoms with Crippen LogP contribution in [0.15, 0.2) is 84.9 Å².